The number of anilines is 1. The molecule has 0 atom stereocenters. The smallest absolute Gasteiger partial charge is 0.303 e. The fraction of sp³-hybridized carbons (Fsp3) is 0.150. The molecule has 0 fully saturated rings. The molecule has 4 aromatic heterocycles. The largest absolute Gasteiger partial charge is 0.311 e. The van der Waals surface area contributed by atoms with Crippen LogP contribution in [0.25, 0.3) is 28.0 Å². The Kier molecular flexibility index (Phi) is 4.69. The third kappa shape index (κ3) is 3.71. The van der Waals surface area contributed by atoms with E-state index in [1.807, 2.05) is 0 Å². The van der Waals surface area contributed by atoms with Crippen molar-refractivity contribution >= 4 is 22.6 Å². The van der Waals surface area contributed by atoms with Crippen LogP contribution in [0.15, 0.2) is 49.1 Å². The molecule has 0 radical (unpaired) electrons. The lowest BCUT2D eigenvalue weighted by atomic mass is 10.2. The third-order valence-corrected chi connectivity index (χ3v) is 4.27. The second-order valence-electron chi connectivity index (χ2n) is 6.67. The van der Waals surface area contributed by atoms with Gasteiger partial charge in [0.2, 0.25) is 11.7 Å². The highest BCUT2D eigenvalue weighted by Gasteiger charge is 2.30. The molecule has 1 amide bonds. The molecule has 0 aliphatic heterocycles. The molecule has 4 aromatic rings. The van der Waals surface area contributed by atoms with Crippen molar-refractivity contribution in [2.24, 2.45) is 0 Å². The Bertz CT molecular complexity index is 1270. The fourth-order valence-corrected chi connectivity index (χ4v) is 2.93. The van der Waals surface area contributed by atoms with Crippen LogP contribution in [-0.4, -0.2) is 30.4 Å². The van der Waals surface area contributed by atoms with Gasteiger partial charge in [-0.1, -0.05) is 0 Å². The lowest BCUT2D eigenvalue weighted by Gasteiger charge is -2.14. The molecule has 10 heteroatoms. The summed E-state index contributed by atoms with van der Waals surface area (Å²) in [6, 6.07) is 5.83. The Morgan fingerprint density at radius 2 is 1.97 bits per heavy atom. The Balaban J connectivity index is 1.93. The van der Waals surface area contributed by atoms with E-state index in [1.165, 1.54) is 36.1 Å². The van der Waals surface area contributed by atoms with Crippen molar-refractivity contribution < 1.29 is 18.0 Å². The quantitative estimate of drug-likeness (QED) is 0.546. The van der Waals surface area contributed by atoms with E-state index in [1.54, 1.807) is 18.3 Å². The first-order valence-corrected chi connectivity index (χ1v) is 8.85. The van der Waals surface area contributed by atoms with Crippen molar-refractivity contribution in [2.45, 2.75) is 19.8 Å². The predicted octanol–water partition coefficient (Wildman–Crippen LogP) is 4.09. The van der Waals surface area contributed by atoms with Gasteiger partial charge >= 0.3 is 5.92 Å². The molecule has 0 saturated carbocycles. The van der Waals surface area contributed by atoms with Crippen LogP contribution in [0.2, 0.25) is 0 Å². The number of amides is 1. The highest BCUT2D eigenvalue weighted by Crippen LogP contribution is 2.30. The summed E-state index contributed by atoms with van der Waals surface area (Å²) in [5.74, 6) is -4.65. The van der Waals surface area contributed by atoms with Crippen LogP contribution in [0.4, 0.5) is 19.0 Å². The summed E-state index contributed by atoms with van der Waals surface area (Å²) in [5, 5.41) is 3.27. The monoisotopic (exact) mass is 412 g/mol. The number of halogens is 3. The third-order valence-electron chi connectivity index (χ3n) is 4.27. The Labute approximate surface area is 168 Å². The van der Waals surface area contributed by atoms with E-state index in [0.717, 1.165) is 6.07 Å². The fourth-order valence-electron chi connectivity index (χ4n) is 2.93. The van der Waals surface area contributed by atoms with Crippen molar-refractivity contribution in [3.8, 4) is 17.1 Å². The molecule has 0 aliphatic carbocycles. The Morgan fingerprint density at radius 3 is 2.67 bits per heavy atom. The average molecular weight is 412 g/mol. The van der Waals surface area contributed by atoms with Crippen LogP contribution >= 0.6 is 0 Å². The number of alkyl halides is 2. The molecule has 0 saturated heterocycles. The van der Waals surface area contributed by atoms with Gasteiger partial charge in [0.25, 0.3) is 0 Å². The average Bonchev–Trinajstić information content (AvgIpc) is 3.10. The maximum atomic E-state index is 14.3. The second kappa shape index (κ2) is 7.21. The Hall–Kier alpha value is -3.82. The zero-order valence-electron chi connectivity index (χ0n) is 15.9. The first-order valence-electron chi connectivity index (χ1n) is 8.85. The number of pyridine rings is 2. The number of carbonyl (C=O) groups excluding carboxylic acids is 1. The molecule has 0 bridgehead atoms. The number of fused-ring (bicyclic) bond motifs is 1. The lowest BCUT2D eigenvalue weighted by Crippen LogP contribution is -2.15. The number of nitrogens with one attached hydrogen (secondary N) is 1. The Morgan fingerprint density at radius 1 is 1.17 bits per heavy atom. The second-order valence-corrected chi connectivity index (χ2v) is 6.67. The maximum absolute atomic E-state index is 14.3. The van der Waals surface area contributed by atoms with Crippen LogP contribution in [0, 0.1) is 5.82 Å². The van der Waals surface area contributed by atoms with E-state index in [-0.39, 0.29) is 23.0 Å². The van der Waals surface area contributed by atoms with Crippen LogP contribution in [0.3, 0.4) is 0 Å². The minimum atomic E-state index is -3.35. The molecule has 7 nitrogen and oxygen atoms in total. The van der Waals surface area contributed by atoms with Crippen molar-refractivity contribution in [1.29, 1.82) is 0 Å². The van der Waals surface area contributed by atoms with Crippen molar-refractivity contribution in [3.05, 3.63) is 60.7 Å². The molecule has 0 unspecified atom stereocenters. The van der Waals surface area contributed by atoms with E-state index in [4.69, 9.17) is 0 Å². The summed E-state index contributed by atoms with van der Waals surface area (Å²) in [7, 11) is 0. The summed E-state index contributed by atoms with van der Waals surface area (Å²) in [5.41, 5.74) is 0.513. The van der Waals surface area contributed by atoms with Gasteiger partial charge in [-0.25, -0.2) is 19.3 Å². The first-order chi connectivity index (χ1) is 14.2. The van der Waals surface area contributed by atoms with E-state index >= 15 is 0 Å². The summed E-state index contributed by atoms with van der Waals surface area (Å²) >= 11 is 0. The summed E-state index contributed by atoms with van der Waals surface area (Å²) in [6.07, 6.45) is 5.63. The molecule has 0 aromatic carbocycles. The van der Waals surface area contributed by atoms with E-state index in [2.05, 4.69) is 25.3 Å². The SMILES string of the molecule is CC(=O)Nc1cc2c(ccn2-c2cc(-c3cnccc3F)nc(C(C)(F)F)n2)cn1. The first kappa shape index (κ1) is 19.5. The number of rotatable bonds is 4. The van der Waals surface area contributed by atoms with Crippen molar-refractivity contribution in [2.75, 3.05) is 5.32 Å². The molecular weight excluding hydrogens is 397 g/mol. The molecule has 0 aliphatic rings. The topological polar surface area (TPSA) is 85.6 Å². The highest BCUT2D eigenvalue weighted by atomic mass is 19.3. The standard InChI is InChI=1S/C20H15F3N6O/c1-11(30)26-17-8-16-12(9-25-17)4-6-29(16)18-7-15(13-10-24-5-3-14(13)21)27-19(28-18)20(2,22)23/h3-10H,1-2H3,(H,25,26,30). The van der Waals surface area contributed by atoms with Crippen molar-refractivity contribution in [1.82, 2.24) is 24.5 Å². The number of carbonyl (C=O) groups is 1. The maximum Gasteiger partial charge on any atom is 0.303 e. The molecular formula is C20H15F3N6O. The zero-order chi connectivity index (χ0) is 21.5. The van der Waals surface area contributed by atoms with Gasteiger partial charge in [-0.2, -0.15) is 8.78 Å². The number of aromatic nitrogens is 5. The summed E-state index contributed by atoms with van der Waals surface area (Å²) < 4.78 is 44.0. The zero-order valence-corrected chi connectivity index (χ0v) is 15.9. The van der Waals surface area contributed by atoms with E-state index < -0.39 is 17.6 Å². The minimum Gasteiger partial charge on any atom is -0.311 e. The van der Waals surface area contributed by atoms with Gasteiger partial charge in [0.1, 0.15) is 17.5 Å². The van der Waals surface area contributed by atoms with Crippen LogP contribution < -0.4 is 5.32 Å². The predicted molar refractivity (Wildman–Crippen MR) is 104 cm³/mol. The van der Waals surface area contributed by atoms with E-state index in [0.29, 0.717) is 23.6 Å². The van der Waals surface area contributed by atoms with Gasteiger partial charge in [-0.05, 0) is 12.1 Å². The lowest BCUT2D eigenvalue weighted by molar-refractivity contribution is -0.114. The van der Waals surface area contributed by atoms with Gasteiger partial charge in [0, 0.05) is 56.2 Å². The van der Waals surface area contributed by atoms with Gasteiger partial charge in [-0.15, -0.1) is 0 Å². The normalized spacial score (nSPS) is 11.6. The molecule has 0 spiro atoms. The summed E-state index contributed by atoms with van der Waals surface area (Å²) in [4.78, 5) is 27.2. The summed E-state index contributed by atoms with van der Waals surface area (Å²) in [6.45, 7) is 2.02. The van der Waals surface area contributed by atoms with Crippen LogP contribution in [-0.2, 0) is 10.7 Å². The molecule has 152 valence electrons. The molecule has 4 heterocycles. The minimum absolute atomic E-state index is 0.0243. The van der Waals surface area contributed by atoms with Gasteiger partial charge < -0.3 is 9.88 Å². The highest BCUT2D eigenvalue weighted by molar-refractivity contribution is 5.91. The van der Waals surface area contributed by atoms with E-state index in [9.17, 15) is 18.0 Å². The van der Waals surface area contributed by atoms with Gasteiger partial charge in [0.15, 0.2) is 0 Å². The number of hydrogen-bond donors (Lipinski definition) is 1. The molecule has 30 heavy (non-hydrogen) atoms. The van der Waals surface area contributed by atoms with Crippen LogP contribution in [0.1, 0.15) is 19.7 Å². The van der Waals surface area contributed by atoms with Crippen LogP contribution in [0.5, 0.6) is 0 Å². The number of hydrogen-bond acceptors (Lipinski definition) is 5. The molecule has 4 rings (SSSR count). The van der Waals surface area contributed by atoms with Crippen molar-refractivity contribution in [3.63, 3.8) is 0 Å². The number of nitrogens with zero attached hydrogens (tertiary/aromatic N) is 5. The van der Waals surface area contributed by atoms with Gasteiger partial charge in [-0.3, -0.25) is 9.78 Å². The molecule has 1 N–H and O–H groups in total. The van der Waals surface area contributed by atoms with Gasteiger partial charge in [0.05, 0.1) is 16.8 Å².